The van der Waals surface area contributed by atoms with Crippen LogP contribution in [0.25, 0.3) is 0 Å². The van der Waals surface area contributed by atoms with E-state index in [-0.39, 0.29) is 6.10 Å². The van der Waals surface area contributed by atoms with Crippen molar-refractivity contribution in [3.8, 4) is 0 Å². The van der Waals surface area contributed by atoms with Crippen molar-refractivity contribution in [3.63, 3.8) is 0 Å². The Bertz CT molecular complexity index is 287. The Balaban J connectivity index is 2.14. The SMILES string of the molecule is Brc1cncc(C2COCCO2)c1. The van der Waals surface area contributed by atoms with Crippen LogP contribution in [0.5, 0.6) is 0 Å². The first-order valence-corrected chi connectivity index (χ1v) is 4.95. The highest BCUT2D eigenvalue weighted by atomic mass is 79.9. The molecule has 1 aliphatic heterocycles. The lowest BCUT2D eigenvalue weighted by Crippen LogP contribution is -2.21. The molecule has 1 aliphatic rings. The van der Waals surface area contributed by atoms with Crippen molar-refractivity contribution in [1.82, 2.24) is 4.98 Å². The van der Waals surface area contributed by atoms with E-state index in [1.807, 2.05) is 12.3 Å². The van der Waals surface area contributed by atoms with Crippen molar-refractivity contribution in [2.45, 2.75) is 6.10 Å². The molecule has 1 aromatic rings. The van der Waals surface area contributed by atoms with E-state index >= 15 is 0 Å². The van der Waals surface area contributed by atoms with Gasteiger partial charge in [0.2, 0.25) is 0 Å². The van der Waals surface area contributed by atoms with Gasteiger partial charge in [-0.3, -0.25) is 4.98 Å². The van der Waals surface area contributed by atoms with Gasteiger partial charge in [0.1, 0.15) is 6.10 Å². The second-order valence-electron chi connectivity index (χ2n) is 2.87. The van der Waals surface area contributed by atoms with E-state index in [0.717, 1.165) is 10.0 Å². The van der Waals surface area contributed by atoms with Crippen LogP contribution in [0.1, 0.15) is 11.7 Å². The monoisotopic (exact) mass is 243 g/mol. The van der Waals surface area contributed by atoms with Gasteiger partial charge >= 0.3 is 0 Å². The van der Waals surface area contributed by atoms with Crippen LogP contribution in [0.2, 0.25) is 0 Å². The van der Waals surface area contributed by atoms with Crippen LogP contribution in [0.3, 0.4) is 0 Å². The van der Waals surface area contributed by atoms with Crippen LogP contribution in [0.15, 0.2) is 22.9 Å². The van der Waals surface area contributed by atoms with Gasteiger partial charge in [-0.15, -0.1) is 0 Å². The summed E-state index contributed by atoms with van der Waals surface area (Å²) in [5, 5.41) is 0. The number of hydrogen-bond donors (Lipinski definition) is 0. The number of nitrogens with zero attached hydrogens (tertiary/aromatic N) is 1. The Hall–Kier alpha value is -0.450. The number of rotatable bonds is 1. The van der Waals surface area contributed by atoms with Crippen molar-refractivity contribution in [1.29, 1.82) is 0 Å². The van der Waals surface area contributed by atoms with Gasteiger partial charge in [0.15, 0.2) is 0 Å². The fourth-order valence-electron chi connectivity index (χ4n) is 1.28. The minimum Gasteiger partial charge on any atom is -0.376 e. The fraction of sp³-hybridized carbons (Fsp3) is 0.444. The second-order valence-corrected chi connectivity index (χ2v) is 3.79. The number of hydrogen-bond acceptors (Lipinski definition) is 3. The maximum atomic E-state index is 5.53. The molecule has 0 aromatic carbocycles. The van der Waals surface area contributed by atoms with Crippen molar-refractivity contribution < 1.29 is 9.47 Å². The van der Waals surface area contributed by atoms with Gasteiger partial charge in [-0.1, -0.05) is 0 Å². The minimum atomic E-state index is 0.0405. The average molecular weight is 244 g/mol. The van der Waals surface area contributed by atoms with Crippen LogP contribution in [-0.2, 0) is 9.47 Å². The van der Waals surface area contributed by atoms with Gasteiger partial charge in [-0.05, 0) is 22.0 Å². The van der Waals surface area contributed by atoms with Crippen molar-refractivity contribution in [2.24, 2.45) is 0 Å². The molecule has 1 saturated heterocycles. The first-order chi connectivity index (χ1) is 6.36. The van der Waals surface area contributed by atoms with Crippen molar-refractivity contribution >= 4 is 15.9 Å². The van der Waals surface area contributed by atoms with E-state index in [9.17, 15) is 0 Å². The van der Waals surface area contributed by atoms with Gasteiger partial charge in [-0.25, -0.2) is 0 Å². The summed E-state index contributed by atoms with van der Waals surface area (Å²) in [7, 11) is 0. The predicted octanol–water partition coefficient (Wildman–Crippen LogP) is 1.93. The Morgan fingerprint density at radius 1 is 1.38 bits per heavy atom. The predicted molar refractivity (Wildman–Crippen MR) is 51.4 cm³/mol. The number of ether oxygens (including phenoxy) is 2. The van der Waals surface area contributed by atoms with E-state index in [0.29, 0.717) is 19.8 Å². The number of halogens is 1. The number of pyridine rings is 1. The Morgan fingerprint density at radius 2 is 2.31 bits per heavy atom. The van der Waals surface area contributed by atoms with Gasteiger partial charge < -0.3 is 9.47 Å². The summed E-state index contributed by atoms with van der Waals surface area (Å²) in [4.78, 5) is 4.08. The highest BCUT2D eigenvalue weighted by Gasteiger charge is 2.16. The van der Waals surface area contributed by atoms with E-state index in [4.69, 9.17) is 9.47 Å². The Labute approximate surface area is 85.2 Å². The minimum absolute atomic E-state index is 0.0405. The molecule has 3 nitrogen and oxygen atoms in total. The third-order valence-corrected chi connectivity index (χ3v) is 2.35. The van der Waals surface area contributed by atoms with Crippen LogP contribution >= 0.6 is 15.9 Å². The largest absolute Gasteiger partial charge is 0.376 e. The highest BCUT2D eigenvalue weighted by Crippen LogP contribution is 2.22. The summed E-state index contributed by atoms with van der Waals surface area (Å²) in [5.41, 5.74) is 1.06. The molecule has 0 aliphatic carbocycles. The number of aromatic nitrogens is 1. The molecule has 70 valence electrons. The molecule has 4 heteroatoms. The van der Waals surface area contributed by atoms with Crippen LogP contribution < -0.4 is 0 Å². The summed E-state index contributed by atoms with van der Waals surface area (Å²) >= 11 is 3.37. The van der Waals surface area contributed by atoms with E-state index in [1.54, 1.807) is 6.20 Å². The smallest absolute Gasteiger partial charge is 0.107 e. The zero-order chi connectivity index (χ0) is 9.10. The molecular weight excluding hydrogens is 234 g/mol. The van der Waals surface area contributed by atoms with Gasteiger partial charge in [0.25, 0.3) is 0 Å². The normalized spacial score (nSPS) is 23.0. The van der Waals surface area contributed by atoms with Crippen LogP contribution in [0.4, 0.5) is 0 Å². The third kappa shape index (κ3) is 2.27. The molecule has 1 unspecified atom stereocenters. The van der Waals surface area contributed by atoms with Crippen molar-refractivity contribution in [3.05, 3.63) is 28.5 Å². The van der Waals surface area contributed by atoms with E-state index < -0.39 is 0 Å². The lowest BCUT2D eigenvalue weighted by atomic mass is 10.2. The lowest BCUT2D eigenvalue weighted by Gasteiger charge is -2.22. The quantitative estimate of drug-likeness (QED) is 0.756. The van der Waals surface area contributed by atoms with Gasteiger partial charge in [-0.2, -0.15) is 0 Å². The molecule has 1 atom stereocenters. The Morgan fingerprint density at radius 3 is 3.00 bits per heavy atom. The standard InChI is InChI=1S/C9H10BrNO2/c10-8-3-7(4-11-5-8)9-6-12-1-2-13-9/h3-5,9H,1-2,6H2. The summed E-state index contributed by atoms with van der Waals surface area (Å²) in [6.07, 6.45) is 3.61. The first kappa shape index (κ1) is 9.12. The molecule has 0 spiro atoms. The van der Waals surface area contributed by atoms with Crippen LogP contribution in [-0.4, -0.2) is 24.8 Å². The lowest BCUT2D eigenvalue weighted by molar-refractivity contribution is -0.0902. The van der Waals surface area contributed by atoms with E-state index in [2.05, 4.69) is 20.9 Å². The summed E-state index contributed by atoms with van der Waals surface area (Å²) in [6.45, 7) is 1.98. The molecule has 0 amide bonds. The average Bonchev–Trinajstić information content (AvgIpc) is 2.19. The molecular formula is C9H10BrNO2. The molecule has 0 bridgehead atoms. The maximum Gasteiger partial charge on any atom is 0.107 e. The maximum absolute atomic E-state index is 5.53. The first-order valence-electron chi connectivity index (χ1n) is 4.16. The molecule has 1 fully saturated rings. The third-order valence-electron chi connectivity index (χ3n) is 1.91. The molecule has 1 aromatic heterocycles. The van der Waals surface area contributed by atoms with Gasteiger partial charge in [0, 0.05) is 22.4 Å². The van der Waals surface area contributed by atoms with Gasteiger partial charge in [0.05, 0.1) is 19.8 Å². The zero-order valence-electron chi connectivity index (χ0n) is 7.07. The van der Waals surface area contributed by atoms with Crippen LogP contribution in [0, 0.1) is 0 Å². The molecule has 0 saturated carbocycles. The summed E-state index contributed by atoms with van der Waals surface area (Å²) in [6, 6.07) is 2.01. The van der Waals surface area contributed by atoms with Crippen molar-refractivity contribution in [2.75, 3.05) is 19.8 Å². The summed E-state index contributed by atoms with van der Waals surface area (Å²) in [5.74, 6) is 0. The molecule has 0 N–H and O–H groups in total. The molecule has 13 heavy (non-hydrogen) atoms. The molecule has 0 radical (unpaired) electrons. The topological polar surface area (TPSA) is 31.4 Å². The zero-order valence-corrected chi connectivity index (χ0v) is 8.66. The fourth-order valence-corrected chi connectivity index (χ4v) is 1.67. The highest BCUT2D eigenvalue weighted by molar-refractivity contribution is 9.10. The second kappa shape index (κ2) is 4.17. The molecule has 2 heterocycles. The molecule has 2 rings (SSSR count). The van der Waals surface area contributed by atoms with E-state index in [1.165, 1.54) is 0 Å². The Kier molecular flexibility index (Phi) is 2.93. The summed E-state index contributed by atoms with van der Waals surface area (Å²) < 4.78 is 11.8.